The molecule has 0 spiro atoms. The number of carbonyl (C=O) groups excluding carboxylic acids is 1. The monoisotopic (exact) mass is 301 g/mol. The number of anilines is 1. The van der Waals surface area contributed by atoms with Crippen LogP contribution in [0.2, 0.25) is 0 Å². The Morgan fingerprint density at radius 1 is 1.29 bits per heavy atom. The summed E-state index contributed by atoms with van der Waals surface area (Å²) in [5, 5.41) is 6.04. The second-order valence-electron chi connectivity index (χ2n) is 4.32. The minimum atomic E-state index is -0.317. The quantitative estimate of drug-likeness (QED) is 0.674. The van der Waals surface area contributed by atoms with Gasteiger partial charge in [0, 0.05) is 23.9 Å². The number of allylic oxidation sites excluding steroid dienone is 1. The van der Waals surface area contributed by atoms with Gasteiger partial charge in [-0.3, -0.25) is 14.5 Å². The minimum absolute atomic E-state index is 0.242. The zero-order valence-corrected chi connectivity index (χ0v) is 12.4. The molecule has 0 saturated heterocycles. The number of hydrogen-bond donors (Lipinski definition) is 2. The first kappa shape index (κ1) is 15.1. The summed E-state index contributed by atoms with van der Waals surface area (Å²) in [6, 6.07) is 10.4. The summed E-state index contributed by atoms with van der Waals surface area (Å²) in [4.78, 5) is 24.1. The molecule has 0 aliphatic rings. The smallest absolute Gasteiger partial charge is 0.283 e. The third-order valence-corrected chi connectivity index (χ3v) is 3.15. The number of aromatic nitrogens is 2. The average molecular weight is 301 g/mol. The predicted octanol–water partition coefficient (Wildman–Crippen LogP) is 2.87. The van der Waals surface area contributed by atoms with E-state index in [0.29, 0.717) is 12.2 Å². The highest BCUT2D eigenvalue weighted by atomic mass is 32.1. The van der Waals surface area contributed by atoms with E-state index in [4.69, 9.17) is 0 Å². The van der Waals surface area contributed by atoms with Crippen LogP contribution in [0.15, 0.2) is 53.3 Å². The first-order valence-corrected chi connectivity index (χ1v) is 6.84. The topological polar surface area (TPSA) is 66.1 Å². The van der Waals surface area contributed by atoms with E-state index in [1.165, 1.54) is 6.07 Å². The Bertz CT molecular complexity index is 687. The molecule has 1 amide bonds. The van der Waals surface area contributed by atoms with Gasteiger partial charge in [-0.15, -0.1) is 0 Å². The number of amides is 1. The molecule has 1 aromatic heterocycles. The summed E-state index contributed by atoms with van der Waals surface area (Å²) < 4.78 is 0. The average Bonchev–Trinajstić information content (AvgIpc) is 2.49. The molecule has 0 fully saturated rings. The number of nitrogens with one attached hydrogen (secondary N) is 1. The first-order valence-electron chi connectivity index (χ1n) is 6.39. The summed E-state index contributed by atoms with van der Waals surface area (Å²) >= 11 is 3.89. The van der Waals surface area contributed by atoms with Crippen LogP contribution in [0.3, 0.4) is 0 Å². The molecule has 2 aromatic rings. The molecule has 0 saturated carbocycles. The van der Waals surface area contributed by atoms with Crippen LogP contribution in [0.1, 0.15) is 6.92 Å². The largest absolute Gasteiger partial charge is 0.300 e. The number of nitrogens with zero attached hydrogens (tertiary/aromatic N) is 2. The van der Waals surface area contributed by atoms with Gasteiger partial charge in [-0.2, -0.15) is 5.10 Å². The van der Waals surface area contributed by atoms with Crippen LogP contribution < -0.4 is 10.5 Å². The fraction of sp³-hybridized carbons (Fsp3) is 0.133. The predicted molar refractivity (Wildman–Crippen MR) is 86.8 cm³/mol. The fourth-order valence-corrected chi connectivity index (χ4v) is 2.02. The van der Waals surface area contributed by atoms with Crippen LogP contribution in [0.25, 0.3) is 11.3 Å². The van der Waals surface area contributed by atoms with Gasteiger partial charge in [-0.25, -0.2) is 5.10 Å². The zero-order chi connectivity index (χ0) is 15.2. The number of H-pyrrole nitrogens is 1. The molecular formula is C15H15N3O2S. The summed E-state index contributed by atoms with van der Waals surface area (Å²) in [7, 11) is 0. The Labute approximate surface area is 127 Å². The Morgan fingerprint density at radius 2 is 2.00 bits per heavy atom. The highest BCUT2D eigenvalue weighted by Crippen LogP contribution is 2.22. The normalized spacial score (nSPS) is 10.8. The van der Waals surface area contributed by atoms with Gasteiger partial charge in [0.25, 0.3) is 10.8 Å². The van der Waals surface area contributed by atoms with Gasteiger partial charge < -0.3 is 0 Å². The standard InChI is InChI=1S/C15H15N3O2S/c1-2-3-10-18(15(20)21)12-6-4-11(5-7-12)13-8-9-14(19)17-16-13/h2-9H,10H2,1H3,(H,17,19)(H,20,21)/b3-2+. The molecule has 1 aromatic carbocycles. The zero-order valence-electron chi connectivity index (χ0n) is 11.5. The van der Waals surface area contributed by atoms with Gasteiger partial charge in [0.2, 0.25) is 0 Å². The maximum absolute atomic E-state index is 11.5. The highest BCUT2D eigenvalue weighted by molar-refractivity contribution is 7.96. The molecule has 0 aliphatic heterocycles. The molecule has 2 rings (SSSR count). The molecule has 0 radical (unpaired) electrons. The van der Waals surface area contributed by atoms with Crippen molar-refractivity contribution in [1.29, 1.82) is 0 Å². The van der Waals surface area contributed by atoms with Crippen molar-refractivity contribution in [1.82, 2.24) is 10.2 Å². The lowest BCUT2D eigenvalue weighted by atomic mass is 10.1. The minimum Gasteiger partial charge on any atom is -0.300 e. The number of carbonyl (C=O) groups is 1. The molecule has 1 N–H and O–H groups in total. The molecule has 1 heterocycles. The molecule has 6 heteroatoms. The van der Waals surface area contributed by atoms with E-state index in [-0.39, 0.29) is 10.8 Å². The van der Waals surface area contributed by atoms with Crippen LogP contribution >= 0.6 is 12.6 Å². The summed E-state index contributed by atoms with van der Waals surface area (Å²) in [5.41, 5.74) is 2.03. The third-order valence-electron chi connectivity index (χ3n) is 2.91. The second-order valence-corrected chi connectivity index (χ2v) is 4.70. The van der Waals surface area contributed by atoms with Crippen molar-refractivity contribution in [3.05, 3.63) is 58.9 Å². The van der Waals surface area contributed by atoms with E-state index in [2.05, 4.69) is 22.8 Å². The van der Waals surface area contributed by atoms with E-state index in [9.17, 15) is 9.59 Å². The summed E-state index contributed by atoms with van der Waals surface area (Å²) in [5.74, 6) is 0. The molecular weight excluding hydrogens is 286 g/mol. The number of thiol groups is 1. The molecule has 21 heavy (non-hydrogen) atoms. The Balaban J connectivity index is 2.26. The lowest BCUT2D eigenvalue weighted by Crippen LogP contribution is -2.25. The van der Waals surface area contributed by atoms with Gasteiger partial charge in [0.05, 0.1) is 5.69 Å². The fourth-order valence-electron chi connectivity index (χ4n) is 1.82. The van der Waals surface area contributed by atoms with Crippen molar-refractivity contribution in [2.75, 3.05) is 11.4 Å². The lowest BCUT2D eigenvalue weighted by molar-refractivity contribution is 0.266. The van der Waals surface area contributed by atoms with E-state index in [1.54, 1.807) is 11.0 Å². The summed E-state index contributed by atoms with van der Waals surface area (Å²) in [6.45, 7) is 2.36. The number of benzene rings is 1. The third kappa shape index (κ3) is 3.82. The molecule has 0 aliphatic carbocycles. The van der Waals surface area contributed by atoms with Crippen LogP contribution in [0, 0.1) is 0 Å². The van der Waals surface area contributed by atoms with Gasteiger partial charge in [0.1, 0.15) is 0 Å². The first-order chi connectivity index (χ1) is 10.1. The van der Waals surface area contributed by atoms with Gasteiger partial charge in [-0.1, -0.05) is 36.9 Å². The van der Waals surface area contributed by atoms with Crippen molar-refractivity contribution in [3.8, 4) is 11.3 Å². The Kier molecular flexibility index (Phi) is 4.94. The van der Waals surface area contributed by atoms with E-state index >= 15 is 0 Å². The number of rotatable bonds is 4. The van der Waals surface area contributed by atoms with Gasteiger partial charge in [-0.05, 0) is 25.1 Å². The number of aromatic amines is 1. The van der Waals surface area contributed by atoms with Crippen molar-refractivity contribution < 1.29 is 4.79 Å². The van der Waals surface area contributed by atoms with E-state index in [0.717, 1.165) is 11.3 Å². The van der Waals surface area contributed by atoms with Crippen molar-refractivity contribution in [3.63, 3.8) is 0 Å². The van der Waals surface area contributed by atoms with Crippen molar-refractivity contribution in [2.45, 2.75) is 6.92 Å². The summed E-state index contributed by atoms with van der Waals surface area (Å²) in [6.07, 6.45) is 3.76. The molecule has 5 nitrogen and oxygen atoms in total. The van der Waals surface area contributed by atoms with Gasteiger partial charge in [0.15, 0.2) is 0 Å². The van der Waals surface area contributed by atoms with Gasteiger partial charge >= 0.3 is 0 Å². The molecule has 0 unspecified atom stereocenters. The van der Waals surface area contributed by atoms with Crippen molar-refractivity contribution >= 4 is 23.6 Å². The van der Waals surface area contributed by atoms with Crippen LogP contribution in [-0.4, -0.2) is 22.0 Å². The number of hydrogen-bond acceptors (Lipinski definition) is 3. The van der Waals surface area contributed by atoms with E-state index in [1.807, 2.05) is 43.3 Å². The molecule has 108 valence electrons. The van der Waals surface area contributed by atoms with Crippen LogP contribution in [0.5, 0.6) is 0 Å². The Hall–Kier alpha value is -2.34. The second kappa shape index (κ2) is 6.90. The Morgan fingerprint density at radius 3 is 2.52 bits per heavy atom. The van der Waals surface area contributed by atoms with Crippen LogP contribution in [0.4, 0.5) is 10.5 Å². The van der Waals surface area contributed by atoms with Crippen molar-refractivity contribution in [2.24, 2.45) is 0 Å². The SMILES string of the molecule is C/C=C/CN(C(=O)S)c1ccc(-c2ccc(=O)[nH]n2)cc1. The maximum atomic E-state index is 11.5. The van der Waals surface area contributed by atoms with E-state index < -0.39 is 0 Å². The highest BCUT2D eigenvalue weighted by Gasteiger charge is 2.10. The molecule has 0 atom stereocenters. The lowest BCUT2D eigenvalue weighted by Gasteiger charge is -2.18. The maximum Gasteiger partial charge on any atom is 0.283 e. The molecule has 0 bridgehead atoms. The van der Waals surface area contributed by atoms with Crippen LogP contribution in [-0.2, 0) is 0 Å².